The molecule has 0 radical (unpaired) electrons. The van der Waals surface area contributed by atoms with Crippen LogP contribution in [0.5, 0.6) is 5.75 Å². The molecular formula is C17H24N2O2. The maximum absolute atomic E-state index is 12.9. The molecule has 0 spiro atoms. The monoisotopic (exact) mass is 288 g/mol. The highest BCUT2D eigenvalue weighted by atomic mass is 16.5. The number of hydrogen-bond donors (Lipinski definition) is 1. The van der Waals surface area contributed by atoms with Crippen LogP contribution in [-0.4, -0.2) is 31.0 Å². The Bertz CT molecular complexity index is 503. The molecule has 3 rings (SSSR count). The van der Waals surface area contributed by atoms with Crippen molar-refractivity contribution < 1.29 is 9.53 Å². The van der Waals surface area contributed by atoms with E-state index in [9.17, 15) is 4.79 Å². The summed E-state index contributed by atoms with van der Waals surface area (Å²) in [6, 6.07) is 8.29. The topological polar surface area (TPSA) is 55.6 Å². The van der Waals surface area contributed by atoms with Crippen LogP contribution in [-0.2, 0) is 4.79 Å². The Balaban J connectivity index is 1.80. The Hall–Kier alpha value is -1.55. The molecule has 1 heterocycles. The van der Waals surface area contributed by atoms with E-state index in [-0.39, 0.29) is 17.4 Å². The van der Waals surface area contributed by atoms with Gasteiger partial charge in [0.2, 0.25) is 5.91 Å². The number of amides is 1. The first-order valence-corrected chi connectivity index (χ1v) is 7.85. The molecule has 0 bridgehead atoms. The van der Waals surface area contributed by atoms with Crippen molar-refractivity contribution in [3.05, 3.63) is 29.8 Å². The molecule has 1 aromatic carbocycles. The van der Waals surface area contributed by atoms with E-state index in [0.717, 1.165) is 44.4 Å². The Kier molecular flexibility index (Phi) is 3.89. The first-order valence-electron chi connectivity index (χ1n) is 7.85. The predicted molar refractivity (Wildman–Crippen MR) is 82.0 cm³/mol. The van der Waals surface area contributed by atoms with Crippen LogP contribution < -0.4 is 10.5 Å². The standard InChI is InChI=1S/C17H24N2O2/c1-21-14-7-5-13(6-8-14)15-4-2-11-19(15)16(20)17(12-18)9-3-10-17/h5-8,15H,2-4,9-12,18H2,1H3. The Morgan fingerprint density at radius 3 is 2.57 bits per heavy atom. The van der Waals surface area contributed by atoms with E-state index >= 15 is 0 Å². The van der Waals surface area contributed by atoms with Crippen molar-refractivity contribution in [3.8, 4) is 5.75 Å². The highest BCUT2D eigenvalue weighted by molar-refractivity contribution is 5.84. The summed E-state index contributed by atoms with van der Waals surface area (Å²) in [6.07, 6.45) is 5.15. The lowest BCUT2D eigenvalue weighted by Gasteiger charge is -2.43. The third kappa shape index (κ3) is 2.42. The summed E-state index contributed by atoms with van der Waals surface area (Å²) < 4.78 is 5.21. The number of carbonyl (C=O) groups excluding carboxylic acids is 1. The second-order valence-electron chi connectivity index (χ2n) is 6.27. The highest BCUT2D eigenvalue weighted by Gasteiger charge is 2.47. The van der Waals surface area contributed by atoms with Crippen LogP contribution in [0.3, 0.4) is 0 Å². The van der Waals surface area contributed by atoms with Crippen LogP contribution in [0.15, 0.2) is 24.3 Å². The minimum Gasteiger partial charge on any atom is -0.497 e. The lowest BCUT2D eigenvalue weighted by molar-refractivity contribution is -0.147. The molecule has 1 aromatic rings. The van der Waals surface area contributed by atoms with Gasteiger partial charge in [0.25, 0.3) is 0 Å². The number of nitrogens with zero attached hydrogens (tertiary/aromatic N) is 1. The fourth-order valence-electron chi connectivity index (χ4n) is 3.60. The SMILES string of the molecule is COc1ccc(C2CCCN2C(=O)C2(CN)CCC2)cc1. The lowest BCUT2D eigenvalue weighted by atomic mass is 9.67. The highest BCUT2D eigenvalue weighted by Crippen LogP contribution is 2.45. The van der Waals surface area contributed by atoms with Gasteiger partial charge >= 0.3 is 0 Å². The normalized spacial score (nSPS) is 23.7. The van der Waals surface area contributed by atoms with Crippen LogP contribution in [0, 0.1) is 5.41 Å². The van der Waals surface area contributed by atoms with Gasteiger partial charge in [0.15, 0.2) is 0 Å². The molecular weight excluding hydrogens is 264 g/mol. The maximum atomic E-state index is 12.9. The van der Waals surface area contributed by atoms with E-state index in [1.165, 1.54) is 5.56 Å². The third-order valence-electron chi connectivity index (χ3n) is 5.17. The van der Waals surface area contributed by atoms with Crippen molar-refractivity contribution in [1.82, 2.24) is 4.90 Å². The number of nitrogens with two attached hydrogens (primary N) is 1. The molecule has 4 nitrogen and oxygen atoms in total. The minimum absolute atomic E-state index is 0.201. The van der Waals surface area contributed by atoms with Crippen LogP contribution >= 0.6 is 0 Å². The molecule has 1 aliphatic carbocycles. The predicted octanol–water partition coefficient (Wildman–Crippen LogP) is 2.49. The molecule has 2 fully saturated rings. The molecule has 0 aromatic heterocycles. The van der Waals surface area contributed by atoms with Crippen molar-refractivity contribution >= 4 is 5.91 Å². The quantitative estimate of drug-likeness (QED) is 0.926. The number of benzene rings is 1. The molecule has 2 aliphatic rings. The van der Waals surface area contributed by atoms with Crippen LogP contribution in [0.4, 0.5) is 0 Å². The lowest BCUT2D eigenvalue weighted by Crippen LogP contribution is -2.51. The molecule has 2 N–H and O–H groups in total. The van der Waals surface area contributed by atoms with E-state index in [1.54, 1.807) is 7.11 Å². The Morgan fingerprint density at radius 1 is 1.33 bits per heavy atom. The van der Waals surface area contributed by atoms with E-state index < -0.39 is 0 Å². The average Bonchev–Trinajstić information content (AvgIpc) is 2.96. The average molecular weight is 288 g/mol. The Labute approximate surface area is 126 Å². The minimum atomic E-state index is -0.269. The largest absolute Gasteiger partial charge is 0.497 e. The third-order valence-corrected chi connectivity index (χ3v) is 5.17. The second kappa shape index (κ2) is 5.68. The first kappa shape index (κ1) is 14.4. The van der Waals surface area contributed by atoms with Gasteiger partial charge in [-0.15, -0.1) is 0 Å². The first-order chi connectivity index (χ1) is 10.2. The molecule has 1 saturated heterocycles. The van der Waals surface area contributed by atoms with Gasteiger partial charge in [-0.3, -0.25) is 4.79 Å². The van der Waals surface area contributed by atoms with Gasteiger partial charge in [0, 0.05) is 13.1 Å². The maximum Gasteiger partial charge on any atom is 0.230 e. The number of carbonyl (C=O) groups is 1. The number of rotatable bonds is 4. The molecule has 1 amide bonds. The zero-order valence-corrected chi connectivity index (χ0v) is 12.7. The van der Waals surface area contributed by atoms with Crippen molar-refractivity contribution in [2.45, 2.75) is 38.1 Å². The number of methoxy groups -OCH3 is 1. The van der Waals surface area contributed by atoms with Crippen LogP contribution in [0.1, 0.15) is 43.7 Å². The van der Waals surface area contributed by atoms with Crippen molar-refractivity contribution in [1.29, 1.82) is 0 Å². The molecule has 1 unspecified atom stereocenters. The van der Waals surface area contributed by atoms with Gasteiger partial charge in [0.05, 0.1) is 18.6 Å². The summed E-state index contributed by atoms with van der Waals surface area (Å²) in [5.74, 6) is 1.13. The molecule has 114 valence electrons. The molecule has 1 atom stereocenters. The van der Waals surface area contributed by atoms with E-state index in [4.69, 9.17) is 10.5 Å². The van der Waals surface area contributed by atoms with Crippen molar-refractivity contribution in [3.63, 3.8) is 0 Å². The smallest absolute Gasteiger partial charge is 0.230 e. The second-order valence-corrected chi connectivity index (χ2v) is 6.27. The molecule has 1 saturated carbocycles. The van der Waals surface area contributed by atoms with Gasteiger partial charge in [-0.2, -0.15) is 0 Å². The van der Waals surface area contributed by atoms with E-state index in [1.807, 2.05) is 12.1 Å². The van der Waals surface area contributed by atoms with Crippen molar-refractivity contribution in [2.75, 3.05) is 20.2 Å². The van der Waals surface area contributed by atoms with Crippen LogP contribution in [0.25, 0.3) is 0 Å². The molecule has 1 aliphatic heterocycles. The molecule has 4 heteroatoms. The number of ether oxygens (including phenoxy) is 1. The summed E-state index contributed by atoms with van der Waals surface area (Å²) in [6.45, 7) is 1.34. The van der Waals surface area contributed by atoms with Crippen LogP contribution in [0.2, 0.25) is 0 Å². The fraction of sp³-hybridized carbons (Fsp3) is 0.588. The van der Waals surface area contributed by atoms with Gasteiger partial charge in [-0.25, -0.2) is 0 Å². The summed E-state index contributed by atoms with van der Waals surface area (Å²) in [5, 5.41) is 0. The summed E-state index contributed by atoms with van der Waals surface area (Å²) in [4.78, 5) is 15.0. The Morgan fingerprint density at radius 2 is 2.05 bits per heavy atom. The van der Waals surface area contributed by atoms with Gasteiger partial charge in [-0.05, 0) is 43.4 Å². The van der Waals surface area contributed by atoms with Gasteiger partial charge in [0.1, 0.15) is 5.75 Å². The molecule has 21 heavy (non-hydrogen) atoms. The summed E-state index contributed by atoms with van der Waals surface area (Å²) in [5.41, 5.74) is 6.83. The van der Waals surface area contributed by atoms with E-state index in [0.29, 0.717) is 6.54 Å². The van der Waals surface area contributed by atoms with E-state index in [2.05, 4.69) is 17.0 Å². The number of hydrogen-bond acceptors (Lipinski definition) is 3. The van der Waals surface area contributed by atoms with Gasteiger partial charge in [-0.1, -0.05) is 18.6 Å². The zero-order chi connectivity index (χ0) is 14.9. The van der Waals surface area contributed by atoms with Crippen molar-refractivity contribution in [2.24, 2.45) is 11.1 Å². The fourth-order valence-corrected chi connectivity index (χ4v) is 3.60. The summed E-state index contributed by atoms with van der Waals surface area (Å²) >= 11 is 0. The zero-order valence-electron chi connectivity index (χ0n) is 12.7. The van der Waals surface area contributed by atoms with Gasteiger partial charge < -0.3 is 15.4 Å². The summed E-state index contributed by atoms with van der Waals surface area (Å²) in [7, 11) is 1.67. The number of likely N-dealkylation sites (tertiary alicyclic amines) is 1.